The molecule has 7 nitrogen and oxygen atoms in total. The smallest absolute Gasteiger partial charge is 0.264 e. The number of amides is 2. The van der Waals surface area contributed by atoms with Gasteiger partial charge in [0, 0.05) is 13.1 Å². The predicted octanol–water partition coefficient (Wildman–Crippen LogP) is 5.05. The van der Waals surface area contributed by atoms with Gasteiger partial charge in [-0.15, -0.1) is 0 Å². The SMILES string of the molecule is CCCCNC(=O)C(CC)N(Cc1ccccc1C)C(=O)CN(c1ccccc1)S(=O)(=O)c1ccc(F)cc1. The molecular weight excluding hydrogens is 517 g/mol. The molecule has 0 aromatic heterocycles. The van der Waals surface area contributed by atoms with Gasteiger partial charge in [-0.25, -0.2) is 12.8 Å². The van der Waals surface area contributed by atoms with E-state index in [2.05, 4.69) is 5.32 Å². The number of halogens is 1. The zero-order chi connectivity index (χ0) is 28.4. The van der Waals surface area contributed by atoms with Crippen molar-refractivity contribution >= 4 is 27.5 Å². The molecule has 0 radical (unpaired) electrons. The van der Waals surface area contributed by atoms with Crippen molar-refractivity contribution in [3.05, 3.63) is 95.8 Å². The van der Waals surface area contributed by atoms with Crippen LogP contribution in [0.5, 0.6) is 0 Å². The fourth-order valence-electron chi connectivity index (χ4n) is 4.25. The summed E-state index contributed by atoms with van der Waals surface area (Å²) in [5, 5.41) is 2.92. The van der Waals surface area contributed by atoms with Crippen LogP contribution < -0.4 is 9.62 Å². The van der Waals surface area contributed by atoms with E-state index in [-0.39, 0.29) is 23.0 Å². The van der Waals surface area contributed by atoms with Crippen molar-refractivity contribution in [2.75, 3.05) is 17.4 Å². The number of carbonyl (C=O) groups excluding carboxylic acids is 2. The van der Waals surface area contributed by atoms with E-state index in [9.17, 15) is 22.4 Å². The Hall–Kier alpha value is -3.72. The van der Waals surface area contributed by atoms with Crippen molar-refractivity contribution in [1.29, 1.82) is 0 Å². The molecule has 0 saturated heterocycles. The van der Waals surface area contributed by atoms with Crippen molar-refractivity contribution in [3.8, 4) is 0 Å². The molecule has 3 aromatic rings. The molecule has 3 rings (SSSR count). The fourth-order valence-corrected chi connectivity index (χ4v) is 5.67. The molecule has 0 bridgehead atoms. The van der Waals surface area contributed by atoms with Crippen LogP contribution in [0.4, 0.5) is 10.1 Å². The van der Waals surface area contributed by atoms with Gasteiger partial charge in [0.2, 0.25) is 11.8 Å². The van der Waals surface area contributed by atoms with Gasteiger partial charge in [0.1, 0.15) is 18.4 Å². The van der Waals surface area contributed by atoms with Crippen molar-refractivity contribution in [1.82, 2.24) is 10.2 Å². The van der Waals surface area contributed by atoms with E-state index in [0.717, 1.165) is 40.4 Å². The first-order chi connectivity index (χ1) is 18.7. The highest BCUT2D eigenvalue weighted by molar-refractivity contribution is 7.92. The van der Waals surface area contributed by atoms with Crippen molar-refractivity contribution in [2.24, 2.45) is 0 Å². The molecule has 208 valence electrons. The van der Waals surface area contributed by atoms with Crippen LogP contribution in [0.25, 0.3) is 0 Å². The Morgan fingerprint density at radius 3 is 2.18 bits per heavy atom. The maximum Gasteiger partial charge on any atom is 0.264 e. The second-order valence-corrected chi connectivity index (χ2v) is 11.2. The number of sulfonamides is 1. The maximum atomic E-state index is 14.0. The van der Waals surface area contributed by atoms with E-state index in [0.29, 0.717) is 13.0 Å². The topological polar surface area (TPSA) is 86.8 Å². The van der Waals surface area contributed by atoms with Gasteiger partial charge in [-0.2, -0.15) is 0 Å². The van der Waals surface area contributed by atoms with E-state index >= 15 is 0 Å². The van der Waals surface area contributed by atoms with Gasteiger partial charge in [-0.3, -0.25) is 13.9 Å². The molecule has 0 fully saturated rings. The Bertz CT molecular complexity index is 1350. The van der Waals surface area contributed by atoms with Crippen LogP contribution in [0.2, 0.25) is 0 Å². The number of para-hydroxylation sites is 1. The van der Waals surface area contributed by atoms with Crippen LogP contribution in [-0.2, 0) is 26.2 Å². The molecule has 2 amide bonds. The molecule has 1 N–H and O–H groups in total. The van der Waals surface area contributed by atoms with Gasteiger partial charge in [0.15, 0.2) is 0 Å². The number of hydrogen-bond acceptors (Lipinski definition) is 4. The largest absolute Gasteiger partial charge is 0.354 e. The van der Waals surface area contributed by atoms with Crippen LogP contribution in [0, 0.1) is 12.7 Å². The molecule has 0 aliphatic rings. The number of unbranched alkanes of at least 4 members (excludes halogenated alkanes) is 1. The van der Waals surface area contributed by atoms with Crippen molar-refractivity contribution in [2.45, 2.75) is 57.5 Å². The first-order valence-electron chi connectivity index (χ1n) is 13.1. The highest BCUT2D eigenvalue weighted by Crippen LogP contribution is 2.25. The molecular formula is C30H36FN3O4S. The van der Waals surface area contributed by atoms with E-state index in [1.807, 2.05) is 45.0 Å². The summed E-state index contributed by atoms with van der Waals surface area (Å²) in [5.74, 6) is -1.37. The van der Waals surface area contributed by atoms with Crippen LogP contribution in [0.3, 0.4) is 0 Å². The fraction of sp³-hybridized carbons (Fsp3) is 0.333. The molecule has 0 aliphatic heterocycles. The third-order valence-corrected chi connectivity index (χ3v) is 8.33. The van der Waals surface area contributed by atoms with E-state index in [1.54, 1.807) is 30.3 Å². The first kappa shape index (κ1) is 29.8. The molecule has 1 atom stereocenters. The third-order valence-electron chi connectivity index (χ3n) is 6.54. The Morgan fingerprint density at radius 1 is 0.923 bits per heavy atom. The zero-order valence-electron chi connectivity index (χ0n) is 22.6. The lowest BCUT2D eigenvalue weighted by Crippen LogP contribution is -2.52. The zero-order valence-corrected chi connectivity index (χ0v) is 23.5. The average molecular weight is 554 g/mol. The summed E-state index contributed by atoms with van der Waals surface area (Å²) in [4.78, 5) is 28.5. The number of anilines is 1. The average Bonchev–Trinajstić information content (AvgIpc) is 2.93. The molecule has 39 heavy (non-hydrogen) atoms. The van der Waals surface area contributed by atoms with Gasteiger partial charge in [-0.1, -0.05) is 62.7 Å². The molecule has 3 aromatic carbocycles. The summed E-state index contributed by atoms with van der Waals surface area (Å²) < 4.78 is 42.0. The Balaban J connectivity index is 2.02. The second-order valence-electron chi connectivity index (χ2n) is 9.32. The van der Waals surface area contributed by atoms with Gasteiger partial charge in [0.05, 0.1) is 10.6 Å². The summed E-state index contributed by atoms with van der Waals surface area (Å²) in [6.07, 6.45) is 2.08. The molecule has 9 heteroatoms. The highest BCUT2D eigenvalue weighted by atomic mass is 32.2. The third kappa shape index (κ3) is 7.66. The maximum absolute atomic E-state index is 14.0. The van der Waals surface area contributed by atoms with Crippen LogP contribution in [0.15, 0.2) is 83.8 Å². The number of carbonyl (C=O) groups is 2. The summed E-state index contributed by atoms with van der Waals surface area (Å²) in [5.41, 5.74) is 2.10. The van der Waals surface area contributed by atoms with E-state index < -0.39 is 34.3 Å². The molecule has 0 saturated carbocycles. The lowest BCUT2D eigenvalue weighted by atomic mass is 10.1. The minimum atomic E-state index is -4.23. The van der Waals surface area contributed by atoms with E-state index in [1.165, 1.54) is 17.0 Å². The molecule has 0 spiro atoms. The first-order valence-corrected chi connectivity index (χ1v) is 14.6. The summed E-state index contributed by atoms with van der Waals surface area (Å²) in [6.45, 7) is 5.88. The monoisotopic (exact) mass is 553 g/mol. The number of rotatable bonds is 13. The molecule has 1 unspecified atom stereocenters. The Labute approximate surface area is 230 Å². The second kappa shape index (κ2) is 13.9. The normalized spacial score (nSPS) is 12.0. The Morgan fingerprint density at radius 2 is 1.56 bits per heavy atom. The molecule has 0 heterocycles. The number of aryl methyl sites for hydroxylation is 1. The van der Waals surface area contributed by atoms with Gasteiger partial charge < -0.3 is 10.2 Å². The van der Waals surface area contributed by atoms with Gasteiger partial charge in [-0.05, 0) is 67.3 Å². The predicted molar refractivity (Wildman–Crippen MR) is 151 cm³/mol. The van der Waals surface area contributed by atoms with Crippen LogP contribution in [0.1, 0.15) is 44.2 Å². The van der Waals surface area contributed by atoms with Crippen LogP contribution >= 0.6 is 0 Å². The number of benzene rings is 3. The lowest BCUT2D eigenvalue weighted by molar-refractivity contribution is -0.140. The molecule has 0 aliphatic carbocycles. The standard InChI is InChI=1S/C30H36FN3O4S/c1-4-6-20-32-30(36)28(5-2)33(21-24-13-11-10-12-23(24)3)29(35)22-34(26-14-8-7-9-15-26)39(37,38)27-18-16-25(31)17-19-27/h7-19,28H,4-6,20-22H2,1-3H3,(H,32,36). The Kier molecular flexibility index (Phi) is 10.6. The summed E-state index contributed by atoms with van der Waals surface area (Å²) >= 11 is 0. The van der Waals surface area contributed by atoms with Gasteiger partial charge in [0.25, 0.3) is 10.0 Å². The van der Waals surface area contributed by atoms with Gasteiger partial charge >= 0.3 is 0 Å². The summed E-state index contributed by atoms with van der Waals surface area (Å²) in [6, 6.07) is 19.5. The number of hydrogen-bond donors (Lipinski definition) is 1. The van der Waals surface area contributed by atoms with E-state index in [4.69, 9.17) is 0 Å². The summed E-state index contributed by atoms with van der Waals surface area (Å²) in [7, 11) is -4.23. The minimum Gasteiger partial charge on any atom is -0.354 e. The van der Waals surface area contributed by atoms with Crippen LogP contribution in [-0.4, -0.2) is 44.3 Å². The highest BCUT2D eigenvalue weighted by Gasteiger charge is 2.33. The lowest BCUT2D eigenvalue weighted by Gasteiger charge is -2.33. The number of nitrogens with zero attached hydrogens (tertiary/aromatic N) is 2. The van der Waals surface area contributed by atoms with Crippen molar-refractivity contribution < 1.29 is 22.4 Å². The quantitative estimate of drug-likeness (QED) is 0.300. The van der Waals surface area contributed by atoms with Crippen molar-refractivity contribution in [3.63, 3.8) is 0 Å². The minimum absolute atomic E-state index is 0.143. The number of nitrogens with one attached hydrogen (secondary N) is 1.